The van der Waals surface area contributed by atoms with Crippen molar-refractivity contribution < 1.29 is 9.13 Å². The van der Waals surface area contributed by atoms with E-state index in [1.54, 1.807) is 30.6 Å². The lowest BCUT2D eigenvalue weighted by molar-refractivity contribution is 0.264. The highest BCUT2D eigenvalue weighted by Gasteiger charge is 2.35. The fourth-order valence-corrected chi connectivity index (χ4v) is 3.48. The van der Waals surface area contributed by atoms with Gasteiger partial charge < -0.3 is 21.9 Å². The lowest BCUT2D eigenvalue weighted by Gasteiger charge is -2.34. The summed E-state index contributed by atoms with van der Waals surface area (Å²) < 4.78 is 19.6. The topological polar surface area (TPSA) is 126 Å². The lowest BCUT2D eigenvalue weighted by atomic mass is 9.80. The molecule has 0 aliphatic heterocycles. The minimum Gasteiger partial charge on any atom is -0.438 e. The highest BCUT2D eigenvalue weighted by atomic mass is 19.1. The van der Waals surface area contributed by atoms with Gasteiger partial charge in [0.1, 0.15) is 17.4 Å². The molecule has 150 valence electrons. The van der Waals surface area contributed by atoms with E-state index in [1.165, 1.54) is 12.1 Å². The van der Waals surface area contributed by atoms with E-state index in [2.05, 4.69) is 9.97 Å². The van der Waals surface area contributed by atoms with Gasteiger partial charge >= 0.3 is 0 Å². The molecule has 0 unspecified atom stereocenters. The fourth-order valence-electron chi connectivity index (χ4n) is 3.48. The highest BCUT2D eigenvalue weighted by molar-refractivity contribution is 5.65. The van der Waals surface area contributed by atoms with Crippen molar-refractivity contribution in [3.63, 3.8) is 0 Å². The molecule has 0 atom stereocenters. The van der Waals surface area contributed by atoms with Crippen LogP contribution in [0.25, 0.3) is 11.3 Å². The first-order chi connectivity index (χ1) is 13.9. The number of nitrogens with zero attached hydrogens (tertiary/aromatic N) is 3. The number of nitrogens with two attached hydrogens (primary N) is 3. The molecule has 1 aliphatic rings. The number of halogens is 1. The molecule has 0 bridgehead atoms. The molecule has 2 heterocycles. The second-order valence-electron chi connectivity index (χ2n) is 7.40. The molecule has 1 fully saturated rings. The van der Waals surface area contributed by atoms with E-state index in [9.17, 15) is 4.39 Å². The molecule has 7 nitrogen and oxygen atoms in total. The predicted octanol–water partition coefficient (Wildman–Crippen LogP) is 3.11. The summed E-state index contributed by atoms with van der Waals surface area (Å²) in [5, 5.41) is 0. The molecule has 4 rings (SSSR count). The van der Waals surface area contributed by atoms with Gasteiger partial charge in [-0.3, -0.25) is 0 Å². The minimum absolute atomic E-state index is 0.0551. The summed E-state index contributed by atoms with van der Waals surface area (Å²) in [6.07, 6.45) is 6.43. The third-order valence-electron chi connectivity index (χ3n) is 5.26. The first-order valence-electron chi connectivity index (χ1n) is 9.51. The number of pyridine rings is 1. The number of hydrogen-bond donors (Lipinski definition) is 3. The van der Waals surface area contributed by atoms with Gasteiger partial charge in [0, 0.05) is 24.5 Å². The quantitative estimate of drug-likeness (QED) is 0.580. The van der Waals surface area contributed by atoms with Crippen molar-refractivity contribution in [1.29, 1.82) is 0 Å². The van der Waals surface area contributed by atoms with Crippen molar-refractivity contribution in [3.8, 4) is 22.9 Å². The molecule has 1 aromatic carbocycles. The van der Waals surface area contributed by atoms with Gasteiger partial charge in [-0.2, -0.15) is 0 Å². The van der Waals surface area contributed by atoms with Gasteiger partial charge in [0.05, 0.1) is 22.5 Å². The smallest absolute Gasteiger partial charge is 0.228 e. The molecule has 3 aromatic rings. The normalized spacial score (nSPS) is 21.7. The molecule has 0 saturated heterocycles. The third-order valence-corrected chi connectivity index (χ3v) is 5.26. The Morgan fingerprint density at radius 1 is 1.07 bits per heavy atom. The molecular formula is C21H23FN6O. The Kier molecular flexibility index (Phi) is 5.12. The third kappa shape index (κ3) is 4.03. The van der Waals surface area contributed by atoms with E-state index in [0.717, 1.165) is 25.7 Å². The maximum Gasteiger partial charge on any atom is 0.228 e. The van der Waals surface area contributed by atoms with Crippen molar-refractivity contribution in [1.82, 2.24) is 15.0 Å². The summed E-state index contributed by atoms with van der Waals surface area (Å²) >= 11 is 0. The molecule has 0 radical (unpaired) electrons. The standard InChI is InChI=1S/C21H23FN6O/c22-16-12-14(3-4-17(16)24)29-19-15(2-1-10-26-19)18-7-11-27-20(28-18)21(25)8-5-13(23)6-9-21/h1-4,7,10-13H,5-6,8-9,23-25H2. The molecule has 1 aliphatic carbocycles. The highest BCUT2D eigenvalue weighted by Crippen LogP contribution is 2.35. The van der Waals surface area contributed by atoms with E-state index in [-0.39, 0.29) is 11.7 Å². The number of nitrogen functional groups attached to an aromatic ring is 1. The zero-order valence-corrected chi connectivity index (χ0v) is 15.9. The Labute approximate surface area is 168 Å². The van der Waals surface area contributed by atoms with Crippen LogP contribution in [0.15, 0.2) is 48.8 Å². The first-order valence-corrected chi connectivity index (χ1v) is 9.51. The Hall–Kier alpha value is -3.10. The van der Waals surface area contributed by atoms with Crippen LogP contribution in [-0.4, -0.2) is 21.0 Å². The summed E-state index contributed by atoms with van der Waals surface area (Å²) in [6, 6.07) is 9.82. The van der Waals surface area contributed by atoms with Gasteiger partial charge in [0.2, 0.25) is 5.88 Å². The fraction of sp³-hybridized carbons (Fsp3) is 0.286. The average Bonchev–Trinajstić information content (AvgIpc) is 2.74. The van der Waals surface area contributed by atoms with E-state index in [4.69, 9.17) is 26.9 Å². The number of anilines is 1. The molecular weight excluding hydrogens is 371 g/mol. The van der Waals surface area contributed by atoms with Gasteiger partial charge in [-0.1, -0.05) is 0 Å². The van der Waals surface area contributed by atoms with E-state index < -0.39 is 11.4 Å². The lowest BCUT2D eigenvalue weighted by Crippen LogP contribution is -2.44. The largest absolute Gasteiger partial charge is 0.438 e. The van der Waals surface area contributed by atoms with Crippen LogP contribution in [0.4, 0.5) is 10.1 Å². The summed E-state index contributed by atoms with van der Waals surface area (Å²) in [6.45, 7) is 0. The zero-order valence-electron chi connectivity index (χ0n) is 15.9. The first kappa shape index (κ1) is 19.2. The van der Waals surface area contributed by atoms with Gasteiger partial charge in [-0.15, -0.1) is 0 Å². The van der Waals surface area contributed by atoms with E-state index >= 15 is 0 Å². The van der Waals surface area contributed by atoms with Crippen molar-refractivity contribution in [3.05, 3.63) is 60.4 Å². The number of rotatable bonds is 4. The van der Waals surface area contributed by atoms with Crippen LogP contribution in [0.2, 0.25) is 0 Å². The Morgan fingerprint density at radius 2 is 1.86 bits per heavy atom. The molecule has 8 heteroatoms. The predicted molar refractivity (Wildman–Crippen MR) is 108 cm³/mol. The molecule has 2 aromatic heterocycles. The van der Waals surface area contributed by atoms with Gasteiger partial charge in [0.15, 0.2) is 0 Å². The molecule has 1 saturated carbocycles. The van der Waals surface area contributed by atoms with Crippen molar-refractivity contribution in [2.24, 2.45) is 11.5 Å². The SMILES string of the molecule is Nc1ccc(Oc2ncccc2-c2ccnc(C3(N)CCC(N)CC3)n2)cc1F. The number of ether oxygens (including phenoxy) is 1. The van der Waals surface area contributed by atoms with Crippen LogP contribution in [0.5, 0.6) is 11.6 Å². The van der Waals surface area contributed by atoms with Gasteiger partial charge in [0.25, 0.3) is 0 Å². The maximum absolute atomic E-state index is 13.8. The van der Waals surface area contributed by atoms with Crippen molar-refractivity contribution >= 4 is 5.69 Å². The van der Waals surface area contributed by atoms with E-state index in [1.807, 2.05) is 6.07 Å². The summed E-state index contributed by atoms with van der Waals surface area (Å²) in [5.41, 5.74) is 18.9. The van der Waals surface area contributed by atoms with Crippen LogP contribution in [0.1, 0.15) is 31.5 Å². The Balaban J connectivity index is 1.66. The Bertz CT molecular complexity index is 1020. The summed E-state index contributed by atoms with van der Waals surface area (Å²) in [4.78, 5) is 13.4. The Morgan fingerprint density at radius 3 is 2.62 bits per heavy atom. The maximum atomic E-state index is 13.8. The molecule has 0 amide bonds. The molecule has 0 spiro atoms. The second-order valence-corrected chi connectivity index (χ2v) is 7.40. The van der Waals surface area contributed by atoms with Gasteiger partial charge in [-0.25, -0.2) is 19.3 Å². The van der Waals surface area contributed by atoms with Crippen molar-refractivity contribution in [2.75, 3.05) is 5.73 Å². The van der Waals surface area contributed by atoms with Crippen LogP contribution in [0.3, 0.4) is 0 Å². The number of aromatic nitrogens is 3. The number of hydrogen-bond acceptors (Lipinski definition) is 7. The summed E-state index contributed by atoms with van der Waals surface area (Å²) in [5.74, 6) is 0.626. The van der Waals surface area contributed by atoms with Crippen LogP contribution in [0, 0.1) is 5.82 Å². The zero-order chi connectivity index (χ0) is 20.4. The molecule has 6 N–H and O–H groups in total. The van der Waals surface area contributed by atoms with Crippen LogP contribution in [-0.2, 0) is 5.54 Å². The summed E-state index contributed by atoms with van der Waals surface area (Å²) in [7, 11) is 0. The minimum atomic E-state index is -0.602. The second kappa shape index (κ2) is 7.73. The average molecular weight is 394 g/mol. The van der Waals surface area contributed by atoms with Crippen LogP contribution < -0.4 is 21.9 Å². The van der Waals surface area contributed by atoms with E-state index in [0.29, 0.717) is 28.7 Å². The monoisotopic (exact) mass is 394 g/mol. The van der Waals surface area contributed by atoms with Gasteiger partial charge in [-0.05, 0) is 56.0 Å². The number of benzene rings is 1. The van der Waals surface area contributed by atoms with Crippen LogP contribution >= 0.6 is 0 Å². The van der Waals surface area contributed by atoms with Crippen molar-refractivity contribution in [2.45, 2.75) is 37.3 Å². The molecule has 29 heavy (non-hydrogen) atoms.